The van der Waals surface area contributed by atoms with Gasteiger partial charge in [-0.1, -0.05) is 5.21 Å². The predicted octanol–water partition coefficient (Wildman–Crippen LogP) is -1.98. The number of hydrogen-bond acceptors (Lipinski definition) is 9. The van der Waals surface area contributed by atoms with E-state index in [2.05, 4.69) is 15.4 Å². The summed E-state index contributed by atoms with van der Waals surface area (Å²) in [5, 5.41) is 39.0. The Balaban J connectivity index is 2.21. The normalized spacial score (nSPS) is 21.7. The van der Waals surface area contributed by atoms with Crippen LogP contribution >= 0.6 is 0 Å². The molecular weight excluding hydrogens is 264 g/mol. The van der Waals surface area contributed by atoms with Crippen LogP contribution in [0.3, 0.4) is 0 Å². The van der Waals surface area contributed by atoms with E-state index in [9.17, 15) is 20.1 Å². The molecule has 12 nitrogen and oxygen atoms in total. The van der Waals surface area contributed by atoms with Crippen LogP contribution in [-0.4, -0.2) is 52.9 Å². The van der Waals surface area contributed by atoms with Crippen molar-refractivity contribution in [2.24, 2.45) is 0 Å². The van der Waals surface area contributed by atoms with E-state index in [1.807, 2.05) is 0 Å². The standard InChI is InChI=1S/C7H6N6O6/c14-1-2-7(19-2)11-6(15)4-3(8-10-11)5(13(17)18)9-12(4)16/h2,7,14,16H,1H2. The average Bonchev–Trinajstić information content (AvgIpc) is 3.06. The van der Waals surface area contributed by atoms with E-state index in [1.165, 1.54) is 0 Å². The minimum absolute atomic E-state index is 0.0807. The van der Waals surface area contributed by atoms with Gasteiger partial charge < -0.3 is 25.2 Å². The van der Waals surface area contributed by atoms with Gasteiger partial charge in [-0.25, -0.2) is 0 Å². The summed E-state index contributed by atoms with van der Waals surface area (Å²) in [4.78, 5) is 21.8. The molecule has 0 aliphatic carbocycles. The number of rotatable bonds is 3. The van der Waals surface area contributed by atoms with Gasteiger partial charge in [0.2, 0.25) is 11.0 Å². The molecule has 1 aliphatic heterocycles. The van der Waals surface area contributed by atoms with Gasteiger partial charge in [0, 0.05) is 4.85 Å². The van der Waals surface area contributed by atoms with Gasteiger partial charge >= 0.3 is 11.4 Å². The SMILES string of the molecule is O=c1c2c(nnn1C1OC1CO)c([N+](=O)[O-])nn2O. The number of aromatic nitrogens is 5. The van der Waals surface area contributed by atoms with Gasteiger partial charge in [0.05, 0.1) is 11.7 Å². The zero-order chi connectivity index (χ0) is 13.7. The van der Waals surface area contributed by atoms with Gasteiger partial charge in [-0.2, -0.15) is 4.68 Å². The van der Waals surface area contributed by atoms with Crippen LogP contribution in [0.2, 0.25) is 0 Å². The topological polar surface area (TPSA) is 162 Å². The third kappa shape index (κ3) is 1.54. The number of ether oxygens (including phenoxy) is 1. The molecule has 1 aliphatic rings. The first-order chi connectivity index (χ1) is 9.04. The molecule has 3 heterocycles. The Morgan fingerprint density at radius 1 is 1.53 bits per heavy atom. The molecule has 0 bridgehead atoms. The molecule has 2 aromatic rings. The molecule has 19 heavy (non-hydrogen) atoms. The summed E-state index contributed by atoms with van der Waals surface area (Å²) in [6.45, 7) is -0.310. The van der Waals surface area contributed by atoms with E-state index in [0.717, 1.165) is 4.68 Å². The summed E-state index contributed by atoms with van der Waals surface area (Å²) in [6, 6.07) is 0. The minimum atomic E-state index is -0.891. The fourth-order valence-corrected chi connectivity index (χ4v) is 1.68. The molecule has 0 saturated carbocycles. The second-order valence-electron chi connectivity index (χ2n) is 3.75. The lowest BCUT2D eigenvalue weighted by Gasteiger charge is -1.97. The predicted molar refractivity (Wildman–Crippen MR) is 54.4 cm³/mol. The van der Waals surface area contributed by atoms with Gasteiger partial charge in [0.1, 0.15) is 6.10 Å². The number of nitro groups is 1. The maximum atomic E-state index is 12.0. The smallest absolute Gasteiger partial charge is 0.395 e. The van der Waals surface area contributed by atoms with Crippen LogP contribution in [0.1, 0.15) is 6.23 Å². The molecule has 2 atom stereocenters. The van der Waals surface area contributed by atoms with Crippen LogP contribution in [0.5, 0.6) is 0 Å². The Kier molecular flexibility index (Phi) is 2.23. The van der Waals surface area contributed by atoms with Crippen molar-refractivity contribution in [2.45, 2.75) is 12.3 Å². The van der Waals surface area contributed by atoms with E-state index < -0.39 is 39.7 Å². The van der Waals surface area contributed by atoms with Crippen molar-refractivity contribution in [1.29, 1.82) is 0 Å². The van der Waals surface area contributed by atoms with Gasteiger partial charge in [0.25, 0.3) is 0 Å². The second kappa shape index (κ2) is 3.69. The zero-order valence-electron chi connectivity index (χ0n) is 9.07. The zero-order valence-corrected chi connectivity index (χ0v) is 9.07. The summed E-state index contributed by atoms with van der Waals surface area (Å²) in [5.41, 5.74) is -1.75. The summed E-state index contributed by atoms with van der Waals surface area (Å²) in [6.07, 6.45) is -1.39. The molecule has 100 valence electrons. The first kappa shape index (κ1) is 11.5. The lowest BCUT2D eigenvalue weighted by Crippen LogP contribution is -2.26. The van der Waals surface area contributed by atoms with Crippen molar-refractivity contribution in [3.63, 3.8) is 0 Å². The molecule has 0 radical (unpaired) electrons. The number of nitrogens with zero attached hydrogens (tertiary/aromatic N) is 6. The highest BCUT2D eigenvalue weighted by atomic mass is 16.6. The van der Waals surface area contributed by atoms with E-state index in [4.69, 9.17) is 9.84 Å². The first-order valence-electron chi connectivity index (χ1n) is 5.02. The maximum absolute atomic E-state index is 12.0. The molecule has 0 amide bonds. The van der Waals surface area contributed by atoms with Crippen molar-refractivity contribution in [3.8, 4) is 0 Å². The first-order valence-corrected chi connectivity index (χ1v) is 5.02. The molecule has 0 spiro atoms. The van der Waals surface area contributed by atoms with E-state index >= 15 is 0 Å². The summed E-state index contributed by atoms with van der Waals surface area (Å²) in [5.74, 6) is -0.773. The summed E-state index contributed by atoms with van der Waals surface area (Å²) >= 11 is 0. The lowest BCUT2D eigenvalue weighted by atomic mass is 10.4. The second-order valence-corrected chi connectivity index (χ2v) is 3.75. The quantitative estimate of drug-likeness (QED) is 0.278. The minimum Gasteiger partial charge on any atom is -0.395 e. The Bertz CT molecular complexity index is 735. The van der Waals surface area contributed by atoms with Gasteiger partial charge in [-0.05, 0) is 4.92 Å². The largest absolute Gasteiger partial charge is 0.422 e. The number of fused-ring (bicyclic) bond motifs is 1. The number of aliphatic hydroxyl groups is 1. The Morgan fingerprint density at radius 2 is 2.26 bits per heavy atom. The highest BCUT2D eigenvalue weighted by Gasteiger charge is 2.43. The van der Waals surface area contributed by atoms with Crippen molar-refractivity contribution in [1.82, 2.24) is 24.9 Å². The molecule has 1 saturated heterocycles. The highest BCUT2D eigenvalue weighted by molar-refractivity contribution is 5.80. The molecule has 0 aromatic carbocycles. The van der Waals surface area contributed by atoms with Crippen LogP contribution in [-0.2, 0) is 4.74 Å². The van der Waals surface area contributed by atoms with Crippen LogP contribution in [0.25, 0.3) is 11.0 Å². The maximum Gasteiger partial charge on any atom is 0.422 e. The van der Waals surface area contributed by atoms with Gasteiger partial charge in [0.15, 0.2) is 6.23 Å². The molecule has 2 unspecified atom stereocenters. The Morgan fingerprint density at radius 3 is 2.84 bits per heavy atom. The highest BCUT2D eigenvalue weighted by Crippen LogP contribution is 2.31. The van der Waals surface area contributed by atoms with Gasteiger partial charge in [-0.15, -0.1) is 5.10 Å². The van der Waals surface area contributed by atoms with Crippen molar-refractivity contribution in [2.75, 3.05) is 6.61 Å². The molecule has 1 fully saturated rings. The number of hydrogen-bond donors (Lipinski definition) is 2. The van der Waals surface area contributed by atoms with Crippen LogP contribution in [0.4, 0.5) is 5.82 Å². The third-order valence-electron chi connectivity index (χ3n) is 2.63. The van der Waals surface area contributed by atoms with Crippen molar-refractivity contribution < 1.29 is 20.0 Å². The molecular formula is C7H6N6O6. The summed E-state index contributed by atoms with van der Waals surface area (Å²) in [7, 11) is 0. The molecule has 2 aromatic heterocycles. The Labute approximate surface area is 102 Å². The van der Waals surface area contributed by atoms with Crippen molar-refractivity contribution in [3.05, 3.63) is 20.5 Å². The lowest BCUT2D eigenvalue weighted by molar-refractivity contribution is -0.388. The third-order valence-corrected chi connectivity index (χ3v) is 2.63. The average molecular weight is 270 g/mol. The van der Waals surface area contributed by atoms with Crippen LogP contribution < -0.4 is 5.56 Å². The fourth-order valence-electron chi connectivity index (χ4n) is 1.68. The molecule has 3 rings (SSSR count). The number of aliphatic hydroxyl groups excluding tert-OH is 1. The molecule has 12 heteroatoms. The van der Waals surface area contributed by atoms with Crippen LogP contribution in [0.15, 0.2) is 4.79 Å². The number of epoxide rings is 1. The van der Waals surface area contributed by atoms with E-state index in [-0.39, 0.29) is 11.5 Å². The van der Waals surface area contributed by atoms with Gasteiger partial charge in [-0.3, -0.25) is 4.79 Å². The fraction of sp³-hybridized carbons (Fsp3) is 0.429. The van der Waals surface area contributed by atoms with E-state index in [1.54, 1.807) is 0 Å². The van der Waals surface area contributed by atoms with Crippen molar-refractivity contribution >= 4 is 16.9 Å². The monoisotopic (exact) mass is 270 g/mol. The molecule has 2 N–H and O–H groups in total. The van der Waals surface area contributed by atoms with Crippen LogP contribution in [0, 0.1) is 10.1 Å². The van der Waals surface area contributed by atoms with E-state index in [0.29, 0.717) is 0 Å². The Hall–Kier alpha value is -2.60. The summed E-state index contributed by atoms with van der Waals surface area (Å²) < 4.78 is 5.72.